The summed E-state index contributed by atoms with van der Waals surface area (Å²) in [5, 5.41) is 2.67. The topological polar surface area (TPSA) is 133 Å². The van der Waals surface area contributed by atoms with E-state index in [1.807, 2.05) is 6.92 Å². The van der Waals surface area contributed by atoms with Crippen LogP contribution >= 0.6 is 0 Å². The van der Waals surface area contributed by atoms with Crippen LogP contribution in [0.5, 0.6) is 0 Å². The van der Waals surface area contributed by atoms with Crippen molar-refractivity contribution < 1.29 is 33.5 Å². The lowest BCUT2D eigenvalue weighted by molar-refractivity contribution is -0.165. The van der Waals surface area contributed by atoms with Crippen molar-refractivity contribution in [2.45, 2.75) is 70.5 Å². The molecular formula is C26H32N4O7. The lowest BCUT2D eigenvalue weighted by Crippen LogP contribution is -2.57. The highest BCUT2D eigenvalue weighted by atomic mass is 16.5. The van der Waals surface area contributed by atoms with Crippen molar-refractivity contribution in [3.05, 3.63) is 35.4 Å². The van der Waals surface area contributed by atoms with Crippen LogP contribution in [0.4, 0.5) is 0 Å². The number of benzene rings is 1. The zero-order valence-corrected chi connectivity index (χ0v) is 21.1. The van der Waals surface area contributed by atoms with Gasteiger partial charge in [0.05, 0.1) is 17.2 Å². The maximum absolute atomic E-state index is 13.1. The number of piperidine rings is 2. The zero-order chi connectivity index (χ0) is 26.7. The van der Waals surface area contributed by atoms with Crippen LogP contribution in [0.3, 0.4) is 0 Å². The van der Waals surface area contributed by atoms with Gasteiger partial charge in [0, 0.05) is 6.42 Å². The fourth-order valence-corrected chi connectivity index (χ4v) is 5.15. The van der Waals surface area contributed by atoms with Gasteiger partial charge in [-0.25, -0.2) is 9.69 Å². The number of hydrogen-bond donors (Lipinski definition) is 1. The van der Waals surface area contributed by atoms with E-state index in [1.54, 1.807) is 12.1 Å². The summed E-state index contributed by atoms with van der Waals surface area (Å²) in [6.45, 7) is 4.39. The molecule has 5 amide bonds. The number of hydrogen-bond acceptors (Lipinski definition) is 8. The molecule has 0 spiro atoms. The van der Waals surface area contributed by atoms with Gasteiger partial charge >= 0.3 is 5.97 Å². The van der Waals surface area contributed by atoms with E-state index < -0.39 is 48.4 Å². The maximum atomic E-state index is 13.1. The highest BCUT2D eigenvalue weighted by Gasteiger charge is 2.47. The lowest BCUT2D eigenvalue weighted by Gasteiger charge is -2.34. The number of nitrogens with one attached hydrogen (secondary N) is 1. The quantitative estimate of drug-likeness (QED) is 0.404. The van der Waals surface area contributed by atoms with Gasteiger partial charge in [-0.2, -0.15) is 0 Å². The highest BCUT2D eigenvalue weighted by Crippen LogP contribution is 2.29. The molecule has 198 valence electrons. The van der Waals surface area contributed by atoms with Crippen LogP contribution in [0.2, 0.25) is 0 Å². The summed E-state index contributed by atoms with van der Waals surface area (Å²) < 4.78 is 5.20. The molecule has 11 heteroatoms. The molecule has 3 heterocycles. The minimum atomic E-state index is -1.17. The number of ether oxygens (including phenoxy) is 1. The molecule has 0 aromatic heterocycles. The Bertz CT molecular complexity index is 1080. The second-order valence-corrected chi connectivity index (χ2v) is 9.58. The van der Waals surface area contributed by atoms with Gasteiger partial charge in [-0.15, -0.1) is 0 Å². The second kappa shape index (κ2) is 11.2. The van der Waals surface area contributed by atoms with Gasteiger partial charge in [0.15, 0.2) is 6.73 Å². The minimum absolute atomic E-state index is 0.00501. The van der Waals surface area contributed by atoms with Gasteiger partial charge in [-0.1, -0.05) is 25.5 Å². The Kier molecular flexibility index (Phi) is 8.01. The number of amides is 5. The van der Waals surface area contributed by atoms with Gasteiger partial charge in [0.2, 0.25) is 11.8 Å². The van der Waals surface area contributed by atoms with E-state index >= 15 is 0 Å². The molecule has 0 aliphatic carbocycles. The standard InChI is InChI=1S/C26H32N4O7/c1-3-19(28-13-7-4-8-14-28)22(32)27-16(2)26(36)37-15-29-21(31)12-11-20(25(29)35)30-23(33)17-9-5-6-10-18(17)24(30)34/h5-6,9-10,16,19-20H,3-4,7-8,11-15H2,1-2H3,(H,27,32)/t16-,19?,20-/m0/s1. The van der Waals surface area contributed by atoms with Crippen molar-refractivity contribution in [2.24, 2.45) is 0 Å². The third-order valence-corrected chi connectivity index (χ3v) is 7.19. The summed E-state index contributed by atoms with van der Waals surface area (Å²) in [4.78, 5) is 80.3. The smallest absolute Gasteiger partial charge is 0.330 e. The van der Waals surface area contributed by atoms with Crippen molar-refractivity contribution in [1.29, 1.82) is 0 Å². The van der Waals surface area contributed by atoms with Crippen LogP contribution < -0.4 is 5.32 Å². The molecule has 3 aliphatic heterocycles. The second-order valence-electron chi connectivity index (χ2n) is 9.58. The molecule has 4 rings (SSSR count). The monoisotopic (exact) mass is 512 g/mol. The van der Waals surface area contributed by atoms with Crippen LogP contribution in [0.15, 0.2) is 24.3 Å². The Labute approximate surface area is 215 Å². The third-order valence-electron chi connectivity index (χ3n) is 7.19. The van der Waals surface area contributed by atoms with Crippen LogP contribution in [0, 0.1) is 0 Å². The van der Waals surface area contributed by atoms with E-state index in [2.05, 4.69) is 10.2 Å². The number of esters is 1. The Morgan fingerprint density at radius 2 is 1.65 bits per heavy atom. The number of rotatable bonds is 8. The SMILES string of the molecule is CCC(C(=O)N[C@@H](C)C(=O)OCN1C(=O)CC[C@H](N2C(=O)c3ccccc3C2=O)C1=O)N1CCCCC1. The van der Waals surface area contributed by atoms with E-state index in [-0.39, 0.29) is 35.9 Å². The van der Waals surface area contributed by atoms with Crippen LogP contribution in [0.25, 0.3) is 0 Å². The molecule has 3 aliphatic rings. The first-order valence-electron chi connectivity index (χ1n) is 12.8. The Balaban J connectivity index is 1.35. The zero-order valence-electron chi connectivity index (χ0n) is 21.1. The van der Waals surface area contributed by atoms with Gasteiger partial charge in [-0.3, -0.25) is 33.8 Å². The van der Waals surface area contributed by atoms with Crippen molar-refractivity contribution in [3.8, 4) is 0 Å². The number of nitrogens with zero attached hydrogens (tertiary/aromatic N) is 3. The highest BCUT2D eigenvalue weighted by molar-refractivity contribution is 6.23. The maximum Gasteiger partial charge on any atom is 0.330 e. The fraction of sp³-hybridized carbons (Fsp3) is 0.538. The number of likely N-dealkylation sites (tertiary alicyclic amines) is 2. The van der Waals surface area contributed by atoms with Crippen molar-refractivity contribution in [3.63, 3.8) is 0 Å². The van der Waals surface area contributed by atoms with Gasteiger partial charge in [-0.05, 0) is 57.8 Å². The molecule has 1 N–H and O–H groups in total. The van der Waals surface area contributed by atoms with E-state index in [9.17, 15) is 28.8 Å². The average Bonchev–Trinajstić information content (AvgIpc) is 3.15. The Hall–Kier alpha value is -3.60. The molecule has 37 heavy (non-hydrogen) atoms. The molecule has 1 aromatic carbocycles. The normalized spacial score (nSPS) is 22.1. The summed E-state index contributed by atoms with van der Waals surface area (Å²) >= 11 is 0. The minimum Gasteiger partial charge on any atom is -0.442 e. The molecular weight excluding hydrogens is 480 g/mol. The summed E-state index contributed by atoms with van der Waals surface area (Å²) in [6, 6.07) is 3.77. The first-order chi connectivity index (χ1) is 17.7. The van der Waals surface area contributed by atoms with Crippen LogP contribution in [0.1, 0.15) is 73.1 Å². The first kappa shape index (κ1) is 26.5. The van der Waals surface area contributed by atoms with Gasteiger partial charge in [0.25, 0.3) is 17.7 Å². The largest absolute Gasteiger partial charge is 0.442 e. The molecule has 11 nitrogen and oxygen atoms in total. The molecule has 3 atom stereocenters. The molecule has 1 aromatic rings. The summed E-state index contributed by atoms with van der Waals surface area (Å²) in [5.41, 5.74) is 0.407. The van der Waals surface area contributed by atoms with E-state index in [0.717, 1.165) is 42.2 Å². The number of imide groups is 2. The number of fused-ring (bicyclic) bond motifs is 1. The van der Waals surface area contributed by atoms with Crippen LogP contribution in [-0.4, -0.2) is 88.2 Å². The average molecular weight is 513 g/mol. The number of carbonyl (C=O) groups is 6. The number of carbonyl (C=O) groups excluding carboxylic acids is 6. The fourth-order valence-electron chi connectivity index (χ4n) is 5.15. The molecule has 0 saturated carbocycles. The van der Waals surface area contributed by atoms with Crippen molar-refractivity contribution in [2.75, 3.05) is 19.8 Å². The van der Waals surface area contributed by atoms with Gasteiger partial charge in [0.1, 0.15) is 12.1 Å². The molecule has 2 saturated heterocycles. The van der Waals surface area contributed by atoms with Gasteiger partial charge < -0.3 is 10.1 Å². The summed E-state index contributed by atoms with van der Waals surface area (Å²) in [5.74, 6) is -3.62. The van der Waals surface area contributed by atoms with E-state index in [0.29, 0.717) is 6.42 Å². The molecule has 1 unspecified atom stereocenters. The Morgan fingerprint density at radius 1 is 1.03 bits per heavy atom. The van der Waals surface area contributed by atoms with Crippen molar-refractivity contribution >= 4 is 35.5 Å². The lowest BCUT2D eigenvalue weighted by atomic mass is 10.0. The summed E-state index contributed by atoms with van der Waals surface area (Å²) in [7, 11) is 0. The van der Waals surface area contributed by atoms with Crippen molar-refractivity contribution in [1.82, 2.24) is 20.0 Å². The molecule has 2 fully saturated rings. The predicted molar refractivity (Wildman–Crippen MR) is 130 cm³/mol. The van der Waals surface area contributed by atoms with Crippen LogP contribution in [-0.2, 0) is 23.9 Å². The van der Waals surface area contributed by atoms with E-state index in [4.69, 9.17) is 4.74 Å². The first-order valence-corrected chi connectivity index (χ1v) is 12.8. The molecule has 0 radical (unpaired) electrons. The molecule has 0 bridgehead atoms. The predicted octanol–water partition coefficient (Wildman–Crippen LogP) is 1.07. The third kappa shape index (κ3) is 5.27. The Morgan fingerprint density at radius 3 is 2.24 bits per heavy atom. The van der Waals surface area contributed by atoms with E-state index in [1.165, 1.54) is 19.1 Å². The summed E-state index contributed by atoms with van der Waals surface area (Å²) in [6.07, 6.45) is 3.70.